The summed E-state index contributed by atoms with van der Waals surface area (Å²) in [5, 5.41) is 8.89. The van der Waals surface area contributed by atoms with Crippen molar-refractivity contribution in [1.29, 1.82) is 0 Å². The van der Waals surface area contributed by atoms with E-state index in [9.17, 15) is 4.79 Å². The van der Waals surface area contributed by atoms with E-state index in [1.807, 2.05) is 30.4 Å². The average molecular weight is 348 g/mol. The van der Waals surface area contributed by atoms with E-state index in [1.54, 1.807) is 0 Å². The van der Waals surface area contributed by atoms with Gasteiger partial charge in [0.2, 0.25) is 0 Å². The van der Waals surface area contributed by atoms with Crippen molar-refractivity contribution in [3.8, 4) is 0 Å². The second kappa shape index (κ2) is 18.3. The van der Waals surface area contributed by atoms with Crippen molar-refractivity contribution in [2.75, 3.05) is 7.11 Å². The Kier molecular flexibility index (Phi) is 16.8. The summed E-state index contributed by atoms with van der Waals surface area (Å²) < 4.78 is 4.58. The van der Waals surface area contributed by atoms with Gasteiger partial charge in [0.05, 0.1) is 7.11 Å². The van der Waals surface area contributed by atoms with Gasteiger partial charge in [0.15, 0.2) is 0 Å². The Bertz CT molecular complexity index is 470. The lowest BCUT2D eigenvalue weighted by molar-refractivity contribution is -0.205. The van der Waals surface area contributed by atoms with Crippen LogP contribution in [0.3, 0.4) is 0 Å². The molecule has 0 amide bonds. The summed E-state index contributed by atoms with van der Waals surface area (Å²) in [5.74, 6) is 0.392. The van der Waals surface area contributed by atoms with Gasteiger partial charge in [-0.2, -0.15) is 0 Å². The maximum atomic E-state index is 10.9. The number of esters is 1. The van der Waals surface area contributed by atoms with Crippen LogP contribution in [-0.2, 0) is 14.4 Å². The first-order chi connectivity index (χ1) is 12.2. The molecule has 0 fully saturated rings. The Labute approximate surface area is 152 Å². The molecule has 0 bridgehead atoms. The van der Waals surface area contributed by atoms with Gasteiger partial charge < -0.3 is 9.62 Å². The van der Waals surface area contributed by atoms with Gasteiger partial charge in [-0.1, -0.05) is 55.5 Å². The molecular weight excluding hydrogens is 316 g/mol. The van der Waals surface area contributed by atoms with Crippen LogP contribution in [0.1, 0.15) is 58.3 Å². The number of rotatable bonds is 14. The zero-order valence-electron chi connectivity index (χ0n) is 15.5. The van der Waals surface area contributed by atoms with Crippen LogP contribution in [0.2, 0.25) is 0 Å². The molecule has 0 aromatic heterocycles. The molecule has 0 aromatic rings. The lowest BCUT2D eigenvalue weighted by atomic mass is 10.2. The first-order valence-corrected chi connectivity index (χ1v) is 8.93. The molecule has 0 atom stereocenters. The van der Waals surface area contributed by atoms with Crippen LogP contribution < -0.4 is 0 Å². The Morgan fingerprint density at radius 3 is 2.40 bits per heavy atom. The molecule has 0 rings (SSSR count). The van der Waals surface area contributed by atoms with Crippen molar-refractivity contribution < 1.29 is 19.7 Å². The Hall–Kier alpha value is -2.07. The summed E-state index contributed by atoms with van der Waals surface area (Å²) in [6.45, 7) is 2.12. The summed E-state index contributed by atoms with van der Waals surface area (Å²) in [4.78, 5) is 15.3. The molecule has 0 aromatic carbocycles. The minimum absolute atomic E-state index is 0.176. The molecule has 0 saturated heterocycles. The van der Waals surface area contributed by atoms with Gasteiger partial charge in [0.1, 0.15) is 5.76 Å². The highest BCUT2D eigenvalue weighted by atomic mass is 17.1. The minimum atomic E-state index is -0.176. The van der Waals surface area contributed by atoms with E-state index in [1.165, 1.54) is 7.11 Å². The van der Waals surface area contributed by atoms with Crippen LogP contribution in [0.4, 0.5) is 0 Å². The summed E-state index contributed by atoms with van der Waals surface area (Å²) in [6.07, 6.45) is 24.6. The van der Waals surface area contributed by atoms with Crippen molar-refractivity contribution in [3.63, 3.8) is 0 Å². The molecule has 0 saturated carbocycles. The van der Waals surface area contributed by atoms with Gasteiger partial charge in [-0.25, -0.2) is 5.26 Å². The average Bonchev–Trinajstić information content (AvgIpc) is 2.63. The van der Waals surface area contributed by atoms with Crippen LogP contribution in [0.15, 0.2) is 60.4 Å². The van der Waals surface area contributed by atoms with Crippen LogP contribution in [-0.4, -0.2) is 18.3 Å². The lowest BCUT2D eigenvalue weighted by Crippen LogP contribution is -1.98. The van der Waals surface area contributed by atoms with Crippen molar-refractivity contribution in [2.24, 2.45) is 0 Å². The molecule has 0 aliphatic rings. The number of ether oxygens (including phenoxy) is 1. The number of carbonyl (C=O) groups excluding carboxylic acids is 1. The molecule has 4 heteroatoms. The zero-order chi connectivity index (χ0) is 18.6. The van der Waals surface area contributed by atoms with Crippen LogP contribution >= 0.6 is 0 Å². The normalized spacial score (nSPS) is 12.8. The molecule has 0 spiro atoms. The first kappa shape index (κ1) is 22.9. The Balaban J connectivity index is 3.87. The van der Waals surface area contributed by atoms with Gasteiger partial charge in [-0.15, -0.1) is 0 Å². The van der Waals surface area contributed by atoms with E-state index < -0.39 is 0 Å². The molecule has 0 unspecified atom stereocenters. The summed E-state index contributed by atoms with van der Waals surface area (Å²) in [5.41, 5.74) is 0. The molecule has 0 radical (unpaired) electrons. The van der Waals surface area contributed by atoms with E-state index in [0.717, 1.165) is 32.1 Å². The maximum Gasteiger partial charge on any atom is 0.305 e. The second-order valence-electron chi connectivity index (χ2n) is 5.45. The van der Waals surface area contributed by atoms with E-state index in [4.69, 9.17) is 5.26 Å². The Morgan fingerprint density at radius 2 is 1.68 bits per heavy atom. The summed E-state index contributed by atoms with van der Waals surface area (Å²) in [6, 6.07) is 0. The molecule has 140 valence electrons. The predicted octanol–water partition coefficient (Wildman–Crippen LogP) is 5.90. The molecule has 1 N–H and O–H groups in total. The van der Waals surface area contributed by atoms with Crippen LogP contribution in [0.5, 0.6) is 0 Å². The Morgan fingerprint density at radius 1 is 0.920 bits per heavy atom. The van der Waals surface area contributed by atoms with E-state index in [-0.39, 0.29) is 5.97 Å². The van der Waals surface area contributed by atoms with Crippen molar-refractivity contribution in [2.45, 2.75) is 58.3 Å². The molecule has 25 heavy (non-hydrogen) atoms. The highest BCUT2D eigenvalue weighted by Gasteiger charge is 1.97. The van der Waals surface area contributed by atoms with Gasteiger partial charge in [0.25, 0.3) is 0 Å². The third-order valence-electron chi connectivity index (χ3n) is 3.36. The van der Waals surface area contributed by atoms with E-state index >= 15 is 0 Å². The third kappa shape index (κ3) is 16.6. The fourth-order valence-corrected chi connectivity index (χ4v) is 1.96. The van der Waals surface area contributed by atoms with Gasteiger partial charge in [-0.3, -0.25) is 4.79 Å². The first-order valence-electron chi connectivity index (χ1n) is 8.93. The number of hydrogen-bond acceptors (Lipinski definition) is 4. The zero-order valence-corrected chi connectivity index (χ0v) is 15.5. The second-order valence-corrected chi connectivity index (χ2v) is 5.45. The maximum absolute atomic E-state index is 10.9. The van der Waals surface area contributed by atoms with Crippen LogP contribution in [0.25, 0.3) is 0 Å². The molecule has 4 nitrogen and oxygen atoms in total. The third-order valence-corrected chi connectivity index (χ3v) is 3.36. The number of hydrogen-bond donors (Lipinski definition) is 1. The van der Waals surface area contributed by atoms with Gasteiger partial charge in [-0.05, 0) is 44.6 Å². The number of unbranched alkanes of at least 4 members (excludes halogenated alkanes) is 1. The van der Waals surface area contributed by atoms with Crippen molar-refractivity contribution in [3.05, 3.63) is 60.4 Å². The largest absolute Gasteiger partial charge is 0.469 e. The highest BCUT2D eigenvalue weighted by molar-refractivity contribution is 5.69. The fourth-order valence-electron chi connectivity index (χ4n) is 1.96. The number of methoxy groups -OCH3 is 1. The minimum Gasteiger partial charge on any atom is -0.469 e. The highest BCUT2D eigenvalue weighted by Crippen LogP contribution is 2.08. The topological polar surface area (TPSA) is 55.8 Å². The molecular formula is C21H32O4. The molecule has 0 heterocycles. The van der Waals surface area contributed by atoms with Gasteiger partial charge >= 0.3 is 5.97 Å². The lowest BCUT2D eigenvalue weighted by Gasteiger charge is -2.00. The predicted molar refractivity (Wildman–Crippen MR) is 103 cm³/mol. The quantitative estimate of drug-likeness (QED) is 0.0807. The molecule has 0 aliphatic heterocycles. The van der Waals surface area contributed by atoms with Gasteiger partial charge in [0, 0.05) is 12.8 Å². The van der Waals surface area contributed by atoms with E-state index in [0.29, 0.717) is 25.0 Å². The van der Waals surface area contributed by atoms with E-state index in [2.05, 4.69) is 40.9 Å². The van der Waals surface area contributed by atoms with Crippen molar-refractivity contribution in [1.82, 2.24) is 0 Å². The SMILES string of the molecule is CC/C=C\C/C=C\C=C\CC/C(=C\C/C=C\CCCC(=O)OC)OO. The summed E-state index contributed by atoms with van der Waals surface area (Å²) in [7, 11) is 1.40. The van der Waals surface area contributed by atoms with Crippen LogP contribution in [0, 0.1) is 0 Å². The monoisotopic (exact) mass is 348 g/mol. The number of allylic oxidation sites excluding steroid dienone is 10. The smallest absolute Gasteiger partial charge is 0.305 e. The fraction of sp³-hybridized carbons (Fsp3) is 0.476. The van der Waals surface area contributed by atoms with Crippen molar-refractivity contribution >= 4 is 5.97 Å². The standard InChI is InChI=1S/C21H32O4/c1-3-4-5-6-7-8-9-11-14-17-20(25-23)18-15-12-10-13-16-19-21(22)24-2/h4-5,7-12,18,23H,3,6,13-17,19H2,1-2H3/b5-4-,8-7-,11-9+,12-10-,20-18+. The summed E-state index contributed by atoms with van der Waals surface area (Å²) >= 11 is 0. The number of carbonyl (C=O) groups is 1. The molecule has 0 aliphatic carbocycles.